The van der Waals surface area contributed by atoms with E-state index in [0.29, 0.717) is 5.76 Å². The van der Waals surface area contributed by atoms with Crippen molar-refractivity contribution in [2.75, 3.05) is 6.61 Å². The van der Waals surface area contributed by atoms with E-state index in [0.717, 1.165) is 12.8 Å². The molecule has 0 aromatic rings. The summed E-state index contributed by atoms with van der Waals surface area (Å²) in [6.45, 7) is 5.67. The monoisotopic (exact) mass is 198 g/mol. The van der Waals surface area contributed by atoms with Crippen molar-refractivity contribution in [2.45, 2.75) is 39.7 Å². The highest BCUT2D eigenvalue weighted by molar-refractivity contribution is 5.94. The Bertz CT molecular complexity index is 248. The molecule has 1 N–H and O–H groups in total. The van der Waals surface area contributed by atoms with Crippen LogP contribution >= 0.6 is 0 Å². The molecule has 0 aromatic heterocycles. The van der Waals surface area contributed by atoms with Crippen LogP contribution in [-0.2, 0) is 9.53 Å². The second kappa shape index (κ2) is 4.13. The normalized spacial score (nSPS) is 25.1. The van der Waals surface area contributed by atoms with Crippen molar-refractivity contribution in [3.8, 4) is 0 Å². The highest BCUT2D eigenvalue weighted by Gasteiger charge is 2.24. The molecule has 0 radical (unpaired) electrons. The first-order valence-electron chi connectivity index (χ1n) is 4.96. The number of hydrogen-bond acceptors (Lipinski definition) is 3. The van der Waals surface area contributed by atoms with Gasteiger partial charge in [0, 0.05) is 17.9 Å². The molecule has 0 bridgehead atoms. The molecule has 0 spiro atoms. The number of aliphatic hydroxyl groups is 1. The van der Waals surface area contributed by atoms with Gasteiger partial charge in [0.2, 0.25) is 0 Å². The van der Waals surface area contributed by atoms with E-state index in [1.807, 2.05) is 20.8 Å². The lowest BCUT2D eigenvalue weighted by Gasteiger charge is -2.14. The molecule has 1 saturated heterocycles. The zero-order valence-electron chi connectivity index (χ0n) is 9.04. The Hall–Kier alpha value is -0.830. The molecule has 1 heterocycles. The molecule has 1 unspecified atom stereocenters. The van der Waals surface area contributed by atoms with Gasteiger partial charge in [0.05, 0.1) is 6.61 Å². The van der Waals surface area contributed by atoms with Gasteiger partial charge in [-0.1, -0.05) is 20.8 Å². The molecule has 1 aliphatic rings. The first kappa shape index (κ1) is 11.2. The lowest BCUT2D eigenvalue weighted by atomic mass is 9.90. The molecule has 80 valence electrons. The van der Waals surface area contributed by atoms with E-state index < -0.39 is 0 Å². The molecule has 0 amide bonds. The lowest BCUT2D eigenvalue weighted by molar-refractivity contribution is -0.121. The Kier molecular flexibility index (Phi) is 3.32. The topological polar surface area (TPSA) is 46.5 Å². The van der Waals surface area contributed by atoms with Gasteiger partial charge in [-0.15, -0.1) is 0 Å². The summed E-state index contributed by atoms with van der Waals surface area (Å²) in [5.41, 5.74) is -0.354. The standard InChI is InChI=1S/C11H18O3/c1-11(2,3)10(13)6-8-4-5-9(7-12)14-8/h6,9,12H,4-5,7H2,1-3H3/b8-6-. The lowest BCUT2D eigenvalue weighted by Crippen LogP contribution is -2.18. The van der Waals surface area contributed by atoms with E-state index in [-0.39, 0.29) is 23.9 Å². The number of aliphatic hydroxyl groups excluding tert-OH is 1. The molecule has 1 atom stereocenters. The van der Waals surface area contributed by atoms with E-state index in [2.05, 4.69) is 0 Å². The van der Waals surface area contributed by atoms with Gasteiger partial charge in [0.1, 0.15) is 11.9 Å². The Labute approximate surface area is 84.8 Å². The van der Waals surface area contributed by atoms with Gasteiger partial charge in [-0.25, -0.2) is 0 Å². The summed E-state index contributed by atoms with van der Waals surface area (Å²) in [6, 6.07) is 0. The molecule has 3 nitrogen and oxygen atoms in total. The third-order valence-corrected chi connectivity index (χ3v) is 2.27. The van der Waals surface area contributed by atoms with Crippen LogP contribution in [0.25, 0.3) is 0 Å². The fourth-order valence-electron chi connectivity index (χ4n) is 1.23. The predicted octanol–water partition coefficient (Wildman–Crippen LogP) is 1.66. The number of hydrogen-bond donors (Lipinski definition) is 1. The summed E-state index contributed by atoms with van der Waals surface area (Å²) in [5, 5.41) is 8.84. The smallest absolute Gasteiger partial charge is 0.164 e. The Morgan fingerprint density at radius 1 is 1.64 bits per heavy atom. The van der Waals surface area contributed by atoms with E-state index in [9.17, 15) is 4.79 Å². The number of rotatable bonds is 2. The molecule has 14 heavy (non-hydrogen) atoms. The summed E-state index contributed by atoms with van der Waals surface area (Å²) >= 11 is 0. The van der Waals surface area contributed by atoms with Crippen LogP contribution < -0.4 is 0 Å². The third kappa shape index (κ3) is 2.84. The molecular weight excluding hydrogens is 180 g/mol. The fourth-order valence-corrected chi connectivity index (χ4v) is 1.23. The van der Waals surface area contributed by atoms with E-state index in [1.54, 1.807) is 6.08 Å². The molecule has 0 aromatic carbocycles. The molecule has 1 aliphatic heterocycles. The molecule has 1 fully saturated rings. The van der Waals surface area contributed by atoms with Gasteiger partial charge < -0.3 is 9.84 Å². The second-order valence-electron chi connectivity index (χ2n) is 4.69. The van der Waals surface area contributed by atoms with Gasteiger partial charge in [-0.3, -0.25) is 4.79 Å². The molecule has 1 rings (SSSR count). The number of carbonyl (C=O) groups is 1. The van der Waals surface area contributed by atoms with Crippen LogP contribution in [0.5, 0.6) is 0 Å². The van der Waals surface area contributed by atoms with Crippen molar-refractivity contribution < 1.29 is 14.6 Å². The number of allylic oxidation sites excluding steroid dienone is 2. The molecule has 3 heteroatoms. The Morgan fingerprint density at radius 3 is 2.71 bits per heavy atom. The Morgan fingerprint density at radius 2 is 2.29 bits per heavy atom. The zero-order valence-corrected chi connectivity index (χ0v) is 9.04. The quantitative estimate of drug-likeness (QED) is 0.686. The second-order valence-corrected chi connectivity index (χ2v) is 4.69. The summed E-state index contributed by atoms with van der Waals surface area (Å²) in [4.78, 5) is 11.6. The minimum Gasteiger partial charge on any atom is -0.492 e. The van der Waals surface area contributed by atoms with Crippen molar-refractivity contribution in [3.63, 3.8) is 0 Å². The van der Waals surface area contributed by atoms with Gasteiger partial charge in [-0.2, -0.15) is 0 Å². The predicted molar refractivity (Wildman–Crippen MR) is 53.7 cm³/mol. The van der Waals surface area contributed by atoms with Crippen LogP contribution in [0.3, 0.4) is 0 Å². The SMILES string of the molecule is CC(C)(C)C(=O)/C=C1/CCC(CO)O1. The van der Waals surface area contributed by atoms with Crippen molar-refractivity contribution in [2.24, 2.45) is 5.41 Å². The average molecular weight is 198 g/mol. The van der Waals surface area contributed by atoms with Crippen molar-refractivity contribution >= 4 is 5.78 Å². The van der Waals surface area contributed by atoms with E-state index in [1.165, 1.54) is 0 Å². The van der Waals surface area contributed by atoms with E-state index in [4.69, 9.17) is 9.84 Å². The zero-order chi connectivity index (χ0) is 10.8. The largest absolute Gasteiger partial charge is 0.492 e. The van der Waals surface area contributed by atoms with Gasteiger partial charge in [-0.05, 0) is 6.42 Å². The first-order valence-corrected chi connectivity index (χ1v) is 4.96. The maximum absolute atomic E-state index is 11.6. The molecule has 0 aliphatic carbocycles. The van der Waals surface area contributed by atoms with Crippen molar-refractivity contribution in [3.05, 3.63) is 11.8 Å². The van der Waals surface area contributed by atoms with Crippen molar-refractivity contribution in [1.29, 1.82) is 0 Å². The van der Waals surface area contributed by atoms with Crippen LogP contribution in [0.4, 0.5) is 0 Å². The minimum atomic E-state index is -0.354. The first-order chi connectivity index (χ1) is 6.43. The number of ether oxygens (including phenoxy) is 1. The highest BCUT2D eigenvalue weighted by atomic mass is 16.5. The molecule has 0 saturated carbocycles. The van der Waals surface area contributed by atoms with Crippen LogP contribution in [0, 0.1) is 5.41 Å². The van der Waals surface area contributed by atoms with Crippen LogP contribution in [0.1, 0.15) is 33.6 Å². The number of ketones is 1. The van der Waals surface area contributed by atoms with Gasteiger partial charge >= 0.3 is 0 Å². The molecular formula is C11H18O3. The van der Waals surface area contributed by atoms with Gasteiger partial charge in [0.15, 0.2) is 5.78 Å². The summed E-state index contributed by atoms with van der Waals surface area (Å²) in [7, 11) is 0. The van der Waals surface area contributed by atoms with Crippen LogP contribution in [-0.4, -0.2) is 23.6 Å². The summed E-state index contributed by atoms with van der Waals surface area (Å²) in [6.07, 6.45) is 3.01. The maximum Gasteiger partial charge on any atom is 0.164 e. The number of carbonyl (C=O) groups excluding carboxylic acids is 1. The van der Waals surface area contributed by atoms with Crippen LogP contribution in [0.2, 0.25) is 0 Å². The third-order valence-electron chi connectivity index (χ3n) is 2.27. The fraction of sp³-hybridized carbons (Fsp3) is 0.727. The van der Waals surface area contributed by atoms with E-state index >= 15 is 0 Å². The van der Waals surface area contributed by atoms with Crippen LogP contribution in [0.15, 0.2) is 11.8 Å². The van der Waals surface area contributed by atoms with Crippen molar-refractivity contribution in [1.82, 2.24) is 0 Å². The average Bonchev–Trinajstić information content (AvgIpc) is 2.50. The summed E-state index contributed by atoms with van der Waals surface area (Å²) in [5.74, 6) is 0.787. The summed E-state index contributed by atoms with van der Waals surface area (Å²) < 4.78 is 5.37. The maximum atomic E-state index is 11.6. The van der Waals surface area contributed by atoms with Gasteiger partial charge in [0.25, 0.3) is 0 Å². The minimum absolute atomic E-state index is 0.0288. The highest BCUT2D eigenvalue weighted by Crippen LogP contribution is 2.25. The Balaban J connectivity index is 2.59.